The van der Waals surface area contributed by atoms with E-state index in [1.54, 1.807) is 25.4 Å². The highest BCUT2D eigenvalue weighted by atomic mass is 32.1. The van der Waals surface area contributed by atoms with Gasteiger partial charge >= 0.3 is 0 Å². The van der Waals surface area contributed by atoms with Crippen molar-refractivity contribution >= 4 is 18.1 Å². The molecule has 1 aromatic carbocycles. The number of hydrogen-bond acceptors (Lipinski definition) is 3. The van der Waals surface area contributed by atoms with Crippen LogP contribution in [0.15, 0.2) is 42.6 Å². The molecule has 2 N–H and O–H groups in total. The Hall–Kier alpha value is -2.14. The molecule has 0 bridgehead atoms. The van der Waals surface area contributed by atoms with Gasteiger partial charge in [-0.25, -0.2) is 0 Å². The van der Waals surface area contributed by atoms with Crippen molar-refractivity contribution in [2.45, 2.75) is 6.54 Å². The molecule has 2 rings (SSSR count). The molecule has 0 aliphatic carbocycles. The van der Waals surface area contributed by atoms with Gasteiger partial charge in [0.2, 0.25) is 0 Å². The van der Waals surface area contributed by atoms with Gasteiger partial charge in [-0.2, -0.15) is 0 Å². The molecule has 4 nitrogen and oxygen atoms in total. The van der Waals surface area contributed by atoms with Crippen molar-refractivity contribution in [3.05, 3.63) is 58.4 Å². The lowest BCUT2D eigenvalue weighted by molar-refractivity contribution is 0.0950. The highest BCUT2D eigenvalue weighted by molar-refractivity contribution is 7.71. The van der Waals surface area contributed by atoms with Crippen LogP contribution in [0.2, 0.25) is 0 Å². The fraction of sp³-hybridized carbons (Fsp3) is 0.143. The number of rotatable bonds is 4. The Bertz CT molecular complexity index is 637. The molecule has 0 spiro atoms. The number of nitrogens with one attached hydrogen (secondary N) is 2. The molecule has 0 aliphatic heterocycles. The third-order valence-corrected chi connectivity index (χ3v) is 2.99. The molecule has 0 fully saturated rings. The molecule has 0 radical (unpaired) electrons. The van der Waals surface area contributed by atoms with E-state index in [9.17, 15) is 4.79 Å². The van der Waals surface area contributed by atoms with E-state index < -0.39 is 0 Å². The summed E-state index contributed by atoms with van der Waals surface area (Å²) in [5.41, 5.74) is 1.44. The number of benzene rings is 1. The van der Waals surface area contributed by atoms with Crippen molar-refractivity contribution in [2.75, 3.05) is 7.11 Å². The van der Waals surface area contributed by atoms with Gasteiger partial charge in [0.25, 0.3) is 5.91 Å². The van der Waals surface area contributed by atoms with Crippen molar-refractivity contribution in [1.82, 2.24) is 10.3 Å². The maximum Gasteiger partial charge on any atom is 0.254 e. The van der Waals surface area contributed by atoms with Crippen molar-refractivity contribution in [2.24, 2.45) is 0 Å². The summed E-state index contributed by atoms with van der Waals surface area (Å²) < 4.78 is 5.57. The number of aromatic nitrogens is 1. The fourth-order valence-electron chi connectivity index (χ4n) is 1.66. The van der Waals surface area contributed by atoms with Gasteiger partial charge < -0.3 is 15.0 Å². The van der Waals surface area contributed by atoms with E-state index in [-0.39, 0.29) is 5.91 Å². The van der Waals surface area contributed by atoms with E-state index >= 15 is 0 Å². The van der Waals surface area contributed by atoms with Crippen LogP contribution in [0.4, 0.5) is 0 Å². The second kappa shape index (κ2) is 6.15. The van der Waals surface area contributed by atoms with Gasteiger partial charge in [-0.3, -0.25) is 4.79 Å². The summed E-state index contributed by atoms with van der Waals surface area (Å²) in [7, 11) is 1.61. The average molecular weight is 274 g/mol. The van der Waals surface area contributed by atoms with Crippen LogP contribution in [-0.4, -0.2) is 18.0 Å². The summed E-state index contributed by atoms with van der Waals surface area (Å²) in [6, 6.07) is 11.0. The molecule has 0 unspecified atom stereocenters. The zero-order chi connectivity index (χ0) is 13.7. The Morgan fingerprint density at radius 3 is 2.95 bits per heavy atom. The summed E-state index contributed by atoms with van der Waals surface area (Å²) in [5.74, 6) is 0.577. The highest BCUT2D eigenvalue weighted by Crippen LogP contribution is 2.12. The number of amides is 1. The molecule has 1 heterocycles. The van der Waals surface area contributed by atoms with E-state index in [2.05, 4.69) is 10.3 Å². The van der Waals surface area contributed by atoms with Crippen LogP contribution in [0.25, 0.3) is 0 Å². The quantitative estimate of drug-likeness (QED) is 0.843. The monoisotopic (exact) mass is 274 g/mol. The van der Waals surface area contributed by atoms with Crippen molar-refractivity contribution in [3.8, 4) is 5.75 Å². The molecule has 5 heteroatoms. The van der Waals surface area contributed by atoms with E-state index in [1.165, 1.54) is 0 Å². The predicted molar refractivity (Wildman–Crippen MR) is 75.8 cm³/mol. The topological polar surface area (TPSA) is 54.1 Å². The number of aromatic amines is 1. The summed E-state index contributed by atoms with van der Waals surface area (Å²) in [5, 5.41) is 2.83. The van der Waals surface area contributed by atoms with Crippen LogP contribution >= 0.6 is 12.2 Å². The summed E-state index contributed by atoms with van der Waals surface area (Å²) in [6.45, 7) is 0.430. The molecule has 19 heavy (non-hydrogen) atoms. The van der Waals surface area contributed by atoms with Crippen molar-refractivity contribution in [3.63, 3.8) is 0 Å². The van der Waals surface area contributed by atoms with Gasteiger partial charge in [-0.1, -0.05) is 24.4 Å². The molecule has 1 amide bonds. The van der Waals surface area contributed by atoms with Crippen LogP contribution in [0.5, 0.6) is 5.75 Å². The van der Waals surface area contributed by atoms with Gasteiger partial charge in [0.15, 0.2) is 0 Å². The molecule has 0 aliphatic rings. The lowest BCUT2D eigenvalue weighted by atomic mass is 10.2. The standard InChI is InChI=1S/C14H14N2O2S/c1-18-11-5-2-4-10(8-11)9-16-13(17)12-6-3-7-15-14(12)19/h2-8H,9H2,1H3,(H,15,19)(H,16,17). The minimum Gasteiger partial charge on any atom is -0.497 e. The van der Waals surface area contributed by atoms with Crippen molar-refractivity contribution in [1.29, 1.82) is 0 Å². The second-order valence-corrected chi connectivity index (χ2v) is 4.36. The number of methoxy groups -OCH3 is 1. The van der Waals surface area contributed by atoms with Crippen molar-refractivity contribution < 1.29 is 9.53 Å². The highest BCUT2D eigenvalue weighted by Gasteiger charge is 2.06. The zero-order valence-electron chi connectivity index (χ0n) is 10.5. The third kappa shape index (κ3) is 3.42. The normalized spacial score (nSPS) is 9.95. The fourth-order valence-corrected chi connectivity index (χ4v) is 1.89. The van der Waals surface area contributed by atoms with Crippen LogP contribution in [0, 0.1) is 4.64 Å². The average Bonchev–Trinajstić information content (AvgIpc) is 2.45. The summed E-state index contributed by atoms with van der Waals surface area (Å²) in [4.78, 5) is 14.8. The lowest BCUT2D eigenvalue weighted by Crippen LogP contribution is -2.23. The number of carbonyl (C=O) groups excluding carboxylic acids is 1. The van der Waals surface area contributed by atoms with Crippen LogP contribution < -0.4 is 10.1 Å². The van der Waals surface area contributed by atoms with E-state index in [1.807, 2.05) is 24.3 Å². The van der Waals surface area contributed by atoms with E-state index in [0.29, 0.717) is 16.7 Å². The van der Waals surface area contributed by atoms with E-state index in [0.717, 1.165) is 11.3 Å². The first kappa shape index (κ1) is 13.3. The Balaban J connectivity index is 2.04. The lowest BCUT2D eigenvalue weighted by Gasteiger charge is -2.07. The molecular weight excluding hydrogens is 260 g/mol. The number of carbonyl (C=O) groups is 1. The summed E-state index contributed by atoms with van der Waals surface area (Å²) in [6.07, 6.45) is 1.70. The zero-order valence-corrected chi connectivity index (χ0v) is 11.3. The largest absolute Gasteiger partial charge is 0.497 e. The minimum absolute atomic E-state index is 0.190. The number of pyridine rings is 1. The van der Waals surface area contributed by atoms with Gasteiger partial charge in [-0.15, -0.1) is 0 Å². The Morgan fingerprint density at radius 1 is 1.37 bits per heavy atom. The van der Waals surface area contributed by atoms with Crippen LogP contribution in [0.1, 0.15) is 15.9 Å². The maximum absolute atomic E-state index is 12.0. The maximum atomic E-state index is 12.0. The minimum atomic E-state index is -0.190. The predicted octanol–water partition coefficient (Wildman–Crippen LogP) is 2.68. The van der Waals surface area contributed by atoms with Crippen LogP contribution in [-0.2, 0) is 6.54 Å². The first-order valence-corrected chi connectivity index (χ1v) is 6.20. The van der Waals surface area contributed by atoms with Crippen LogP contribution in [0.3, 0.4) is 0 Å². The van der Waals surface area contributed by atoms with Gasteiger partial charge in [-0.05, 0) is 29.8 Å². The second-order valence-electron chi connectivity index (χ2n) is 3.95. The molecular formula is C14H14N2O2S. The Morgan fingerprint density at radius 2 is 2.21 bits per heavy atom. The molecule has 0 saturated carbocycles. The third-order valence-electron chi connectivity index (χ3n) is 2.65. The van der Waals surface area contributed by atoms with Gasteiger partial charge in [0.1, 0.15) is 10.4 Å². The molecule has 1 aromatic heterocycles. The SMILES string of the molecule is COc1cccc(CNC(=O)c2ccc[nH]c2=S)c1. The number of ether oxygens (including phenoxy) is 1. The van der Waals surface area contributed by atoms with Gasteiger partial charge in [0, 0.05) is 12.7 Å². The molecule has 0 atom stereocenters. The van der Waals surface area contributed by atoms with E-state index in [4.69, 9.17) is 17.0 Å². The molecule has 2 aromatic rings. The Kier molecular flexibility index (Phi) is 4.30. The first-order chi connectivity index (χ1) is 9.20. The Labute approximate surface area is 116 Å². The number of H-pyrrole nitrogens is 1. The summed E-state index contributed by atoms with van der Waals surface area (Å²) >= 11 is 5.06. The smallest absolute Gasteiger partial charge is 0.254 e. The van der Waals surface area contributed by atoms with Gasteiger partial charge in [0.05, 0.1) is 12.7 Å². The number of hydrogen-bond donors (Lipinski definition) is 2. The molecule has 0 saturated heterocycles. The molecule has 98 valence electrons. The first-order valence-electron chi connectivity index (χ1n) is 5.79.